The lowest BCUT2D eigenvalue weighted by molar-refractivity contribution is -0.139. The summed E-state index contributed by atoms with van der Waals surface area (Å²) in [7, 11) is 1.57. The number of benzene rings is 2. The smallest absolute Gasteiger partial charge is 0.379 e. The summed E-state index contributed by atoms with van der Waals surface area (Å²) in [6.07, 6.45) is 3.09. The molecule has 39 heavy (non-hydrogen) atoms. The van der Waals surface area contributed by atoms with Gasteiger partial charge in [0.05, 0.1) is 41.8 Å². The first-order valence-electron chi connectivity index (χ1n) is 12.1. The molecule has 0 saturated carbocycles. The summed E-state index contributed by atoms with van der Waals surface area (Å²) in [5.74, 6) is -0.121. The fourth-order valence-electron chi connectivity index (χ4n) is 4.26. The molecule has 1 atom stereocenters. The molecule has 9 nitrogen and oxygen atoms in total. The second-order valence-electron chi connectivity index (χ2n) is 8.51. The van der Waals surface area contributed by atoms with E-state index in [4.69, 9.17) is 18.6 Å². The summed E-state index contributed by atoms with van der Waals surface area (Å²) < 4.78 is 23.0. The van der Waals surface area contributed by atoms with Gasteiger partial charge in [0.1, 0.15) is 11.5 Å². The molecule has 1 aliphatic rings. The minimum Gasteiger partial charge on any atom is -0.497 e. The van der Waals surface area contributed by atoms with E-state index in [9.17, 15) is 14.4 Å². The third kappa shape index (κ3) is 5.19. The monoisotopic (exact) mass is 544 g/mol. The highest BCUT2D eigenvalue weighted by molar-refractivity contribution is 7.07. The lowest BCUT2D eigenvalue weighted by Gasteiger charge is -2.24. The maximum absolute atomic E-state index is 13.8. The average molecular weight is 545 g/mol. The van der Waals surface area contributed by atoms with Crippen molar-refractivity contribution >= 4 is 29.4 Å². The number of thiazole rings is 1. The predicted octanol–water partition coefficient (Wildman–Crippen LogP) is 3.62. The topological polar surface area (TPSA) is 109 Å². The van der Waals surface area contributed by atoms with E-state index in [2.05, 4.69) is 4.99 Å². The Bertz CT molecular complexity index is 1750. The maximum Gasteiger partial charge on any atom is 0.379 e. The number of esters is 2. The Kier molecular flexibility index (Phi) is 7.29. The lowest BCUT2D eigenvalue weighted by atomic mass is 9.96. The van der Waals surface area contributed by atoms with Gasteiger partial charge in [0.25, 0.3) is 5.56 Å². The van der Waals surface area contributed by atoms with E-state index in [1.807, 2.05) is 12.1 Å². The van der Waals surface area contributed by atoms with Crippen LogP contribution in [-0.2, 0) is 9.53 Å². The summed E-state index contributed by atoms with van der Waals surface area (Å²) >= 11 is 1.21. The number of ether oxygens (including phenoxy) is 3. The number of hydrogen-bond acceptors (Lipinski definition) is 9. The van der Waals surface area contributed by atoms with Crippen molar-refractivity contribution in [1.82, 2.24) is 4.57 Å². The van der Waals surface area contributed by atoms with Crippen molar-refractivity contribution in [2.24, 2.45) is 4.99 Å². The van der Waals surface area contributed by atoms with Crippen molar-refractivity contribution in [3.63, 3.8) is 0 Å². The fourth-order valence-corrected chi connectivity index (χ4v) is 5.31. The van der Waals surface area contributed by atoms with Crippen molar-refractivity contribution in [3.8, 4) is 11.5 Å². The summed E-state index contributed by atoms with van der Waals surface area (Å²) in [5.41, 5.74) is 1.83. The first-order valence-corrected chi connectivity index (χ1v) is 12.9. The zero-order chi connectivity index (χ0) is 27.5. The second kappa shape index (κ2) is 11.0. The molecule has 0 radical (unpaired) electrons. The molecule has 2 aromatic heterocycles. The van der Waals surface area contributed by atoms with Gasteiger partial charge in [0.15, 0.2) is 4.80 Å². The fraction of sp³-hybridized carbons (Fsp3) is 0.172. The molecule has 10 heteroatoms. The molecular weight excluding hydrogens is 520 g/mol. The highest BCUT2D eigenvalue weighted by Gasteiger charge is 2.33. The molecule has 0 unspecified atom stereocenters. The van der Waals surface area contributed by atoms with Crippen LogP contribution < -0.4 is 24.4 Å². The quantitative estimate of drug-likeness (QED) is 0.258. The maximum atomic E-state index is 13.8. The number of furan rings is 1. The molecule has 0 spiro atoms. The Morgan fingerprint density at radius 1 is 1.08 bits per heavy atom. The lowest BCUT2D eigenvalue weighted by Crippen LogP contribution is -2.39. The molecule has 0 amide bonds. The Balaban J connectivity index is 1.58. The predicted molar refractivity (Wildman–Crippen MR) is 144 cm³/mol. The number of rotatable bonds is 7. The standard InChI is InChI=1S/C29H24N2O7S/c1-4-36-28(34)24-17(2)30-29-31(25(24)19-10-12-20(35-3)13-11-19)26(32)23(39-29)16-18-7-5-8-21(15-18)38-27(33)22-9-6-14-37-22/h5-16,25H,4H2,1-3H3/b23-16+/t25-/m0/s1. The molecule has 2 aromatic carbocycles. The van der Waals surface area contributed by atoms with Gasteiger partial charge in [-0.25, -0.2) is 14.6 Å². The van der Waals surface area contributed by atoms with Crippen molar-refractivity contribution < 1.29 is 28.2 Å². The highest BCUT2D eigenvalue weighted by atomic mass is 32.1. The van der Waals surface area contributed by atoms with E-state index in [1.165, 1.54) is 28.2 Å². The van der Waals surface area contributed by atoms with Gasteiger partial charge in [-0.15, -0.1) is 0 Å². The van der Waals surface area contributed by atoms with Crippen LogP contribution in [0.1, 0.15) is 41.6 Å². The molecule has 3 heterocycles. The number of hydrogen-bond donors (Lipinski definition) is 0. The Hall–Kier alpha value is -4.70. The van der Waals surface area contributed by atoms with Gasteiger partial charge < -0.3 is 18.6 Å². The van der Waals surface area contributed by atoms with Crippen LogP contribution in [0.15, 0.2) is 92.4 Å². The van der Waals surface area contributed by atoms with E-state index in [0.717, 1.165) is 0 Å². The summed E-state index contributed by atoms with van der Waals surface area (Å²) in [6.45, 7) is 3.65. The normalized spacial score (nSPS) is 14.9. The Morgan fingerprint density at radius 2 is 1.87 bits per heavy atom. The first-order chi connectivity index (χ1) is 18.9. The van der Waals surface area contributed by atoms with Gasteiger partial charge in [-0.2, -0.15) is 0 Å². The van der Waals surface area contributed by atoms with E-state index in [-0.39, 0.29) is 17.9 Å². The first kappa shape index (κ1) is 25.9. The largest absolute Gasteiger partial charge is 0.497 e. The number of aromatic nitrogens is 1. The highest BCUT2D eigenvalue weighted by Crippen LogP contribution is 2.31. The third-order valence-corrected chi connectivity index (χ3v) is 7.02. The van der Waals surface area contributed by atoms with Crippen molar-refractivity contribution in [1.29, 1.82) is 0 Å². The minimum absolute atomic E-state index is 0.0834. The zero-order valence-electron chi connectivity index (χ0n) is 21.4. The molecular formula is C29H24N2O7S. The van der Waals surface area contributed by atoms with Gasteiger partial charge >= 0.3 is 11.9 Å². The molecule has 1 aliphatic heterocycles. The van der Waals surface area contributed by atoms with E-state index >= 15 is 0 Å². The van der Waals surface area contributed by atoms with Gasteiger partial charge in [0, 0.05) is 0 Å². The molecule has 0 N–H and O–H groups in total. The number of carbonyl (C=O) groups is 2. The molecule has 0 aliphatic carbocycles. The van der Waals surface area contributed by atoms with E-state index in [0.29, 0.717) is 43.2 Å². The van der Waals surface area contributed by atoms with Gasteiger partial charge in [-0.1, -0.05) is 35.6 Å². The van der Waals surface area contributed by atoms with Crippen molar-refractivity contribution in [2.45, 2.75) is 19.9 Å². The molecule has 0 bridgehead atoms. The molecule has 4 aromatic rings. The summed E-state index contributed by atoms with van der Waals surface area (Å²) in [6, 6.07) is 16.4. The molecule has 0 fully saturated rings. The van der Waals surface area contributed by atoms with Crippen LogP contribution >= 0.6 is 11.3 Å². The average Bonchev–Trinajstić information content (AvgIpc) is 3.57. The SMILES string of the molecule is CCOC(=O)C1=C(C)N=c2s/c(=C/c3cccc(OC(=O)c4ccco4)c3)c(=O)n2[C@H]1c1ccc(OC)cc1. The van der Waals surface area contributed by atoms with Crippen LogP contribution in [-0.4, -0.2) is 30.2 Å². The number of methoxy groups -OCH3 is 1. The number of allylic oxidation sites excluding steroid dienone is 1. The zero-order valence-corrected chi connectivity index (χ0v) is 22.2. The van der Waals surface area contributed by atoms with Crippen molar-refractivity contribution in [2.75, 3.05) is 13.7 Å². The van der Waals surface area contributed by atoms with Crippen LogP contribution in [0.25, 0.3) is 6.08 Å². The van der Waals surface area contributed by atoms with Gasteiger partial charge in [-0.05, 0) is 67.4 Å². The Labute approximate surface area is 226 Å². The molecule has 5 rings (SSSR count). The van der Waals surface area contributed by atoms with Gasteiger partial charge in [-0.3, -0.25) is 9.36 Å². The molecule has 198 valence electrons. The number of carbonyl (C=O) groups excluding carboxylic acids is 2. The van der Waals surface area contributed by atoms with E-state index < -0.39 is 18.0 Å². The number of fused-ring (bicyclic) bond motifs is 1. The second-order valence-corrected chi connectivity index (χ2v) is 9.52. The van der Waals surface area contributed by atoms with Crippen LogP contribution in [0.3, 0.4) is 0 Å². The van der Waals surface area contributed by atoms with Crippen LogP contribution in [0, 0.1) is 0 Å². The van der Waals surface area contributed by atoms with E-state index in [1.54, 1.807) is 69.5 Å². The summed E-state index contributed by atoms with van der Waals surface area (Å²) in [4.78, 5) is 44.1. The summed E-state index contributed by atoms with van der Waals surface area (Å²) in [5, 5.41) is 0. The minimum atomic E-state index is -0.728. The molecule has 0 saturated heterocycles. The van der Waals surface area contributed by atoms with Gasteiger partial charge in [0.2, 0.25) is 5.76 Å². The third-order valence-electron chi connectivity index (χ3n) is 6.04. The van der Waals surface area contributed by atoms with Crippen molar-refractivity contribution in [3.05, 3.63) is 115 Å². The van der Waals surface area contributed by atoms with Crippen LogP contribution in [0.5, 0.6) is 11.5 Å². The Morgan fingerprint density at radius 3 is 2.56 bits per heavy atom. The van der Waals surface area contributed by atoms with Crippen LogP contribution in [0.4, 0.5) is 0 Å². The van der Waals surface area contributed by atoms with Crippen LogP contribution in [0.2, 0.25) is 0 Å². The number of nitrogens with zero attached hydrogens (tertiary/aromatic N) is 2.